The van der Waals surface area contributed by atoms with E-state index < -0.39 is 0 Å². The molecule has 7 heteroatoms. The Hall–Kier alpha value is -2.12. The number of hydrogen-bond acceptors (Lipinski definition) is 6. The number of aromatic nitrogens is 2. The van der Waals surface area contributed by atoms with Gasteiger partial charge in [0, 0.05) is 50.5 Å². The van der Waals surface area contributed by atoms with Gasteiger partial charge in [-0.3, -0.25) is 4.79 Å². The van der Waals surface area contributed by atoms with Crippen molar-refractivity contribution in [2.75, 3.05) is 39.3 Å². The Balaban J connectivity index is 2.05. The first-order valence-electron chi connectivity index (χ1n) is 9.26. The molecule has 1 N–H and O–H groups in total. The normalized spacial score (nSPS) is 11.4. The van der Waals surface area contributed by atoms with Crippen LogP contribution in [0.1, 0.15) is 42.4 Å². The number of benzene rings is 1. The van der Waals surface area contributed by atoms with Crippen LogP contribution in [0.5, 0.6) is 0 Å². The molecule has 28 heavy (non-hydrogen) atoms. The molecule has 1 aromatic heterocycles. The lowest BCUT2D eigenvalue weighted by Crippen LogP contribution is -2.26. The van der Waals surface area contributed by atoms with E-state index in [4.69, 9.17) is 9.72 Å². The van der Waals surface area contributed by atoms with Gasteiger partial charge in [0.25, 0.3) is 5.91 Å². The van der Waals surface area contributed by atoms with Crippen molar-refractivity contribution < 1.29 is 9.53 Å². The maximum absolute atomic E-state index is 12.0. The van der Waals surface area contributed by atoms with Gasteiger partial charge < -0.3 is 15.0 Å². The molecule has 2 aromatic rings. The fourth-order valence-corrected chi connectivity index (χ4v) is 3.17. The summed E-state index contributed by atoms with van der Waals surface area (Å²) in [5.74, 6) is 1.56. The third-order valence-electron chi connectivity index (χ3n) is 4.09. The monoisotopic (exact) mass is 402 g/mol. The van der Waals surface area contributed by atoms with E-state index in [0.29, 0.717) is 18.7 Å². The molecule has 0 bridgehead atoms. The van der Waals surface area contributed by atoms with Crippen LogP contribution in [0.15, 0.2) is 35.5 Å². The van der Waals surface area contributed by atoms with Crippen molar-refractivity contribution >= 4 is 23.5 Å². The highest BCUT2D eigenvalue weighted by Gasteiger charge is 2.19. The molecular formula is C21H30N4O2S. The quantitative estimate of drug-likeness (QED) is 0.414. The van der Waals surface area contributed by atoms with E-state index in [1.807, 2.05) is 49.3 Å². The molecule has 1 heterocycles. The van der Waals surface area contributed by atoms with Crippen LogP contribution in [-0.4, -0.2) is 50.2 Å². The molecule has 2 rings (SSSR count). The van der Waals surface area contributed by atoms with E-state index in [0.717, 1.165) is 28.0 Å². The van der Waals surface area contributed by atoms with Gasteiger partial charge in [0.2, 0.25) is 0 Å². The second-order valence-corrected chi connectivity index (χ2v) is 8.72. The Morgan fingerprint density at radius 3 is 2.43 bits per heavy atom. The summed E-state index contributed by atoms with van der Waals surface area (Å²) in [5, 5.41) is 3.58. The SMILES string of the molecule is COCCNC(=O)c1ccc(CSc2nc(N(C)C)cc(C(C)(C)C)n2)cc1. The smallest absolute Gasteiger partial charge is 0.251 e. The van der Waals surface area contributed by atoms with Crippen molar-refractivity contribution in [1.29, 1.82) is 0 Å². The third-order valence-corrected chi connectivity index (χ3v) is 5.01. The van der Waals surface area contributed by atoms with Crippen molar-refractivity contribution in [1.82, 2.24) is 15.3 Å². The molecule has 0 aliphatic carbocycles. The van der Waals surface area contributed by atoms with Crippen LogP contribution in [0.25, 0.3) is 0 Å². The van der Waals surface area contributed by atoms with Gasteiger partial charge in [0.15, 0.2) is 5.16 Å². The van der Waals surface area contributed by atoms with Gasteiger partial charge in [-0.25, -0.2) is 9.97 Å². The Morgan fingerprint density at radius 1 is 1.18 bits per heavy atom. The minimum absolute atomic E-state index is 0.0408. The van der Waals surface area contributed by atoms with Gasteiger partial charge in [-0.05, 0) is 17.7 Å². The molecular weight excluding hydrogens is 372 g/mol. The minimum Gasteiger partial charge on any atom is -0.383 e. The fraction of sp³-hybridized carbons (Fsp3) is 0.476. The minimum atomic E-state index is -0.0897. The number of nitrogens with one attached hydrogen (secondary N) is 1. The molecule has 0 saturated carbocycles. The van der Waals surface area contributed by atoms with Crippen molar-refractivity contribution in [2.45, 2.75) is 37.1 Å². The highest BCUT2D eigenvalue weighted by molar-refractivity contribution is 7.98. The Morgan fingerprint density at radius 2 is 1.86 bits per heavy atom. The number of carbonyl (C=O) groups is 1. The lowest BCUT2D eigenvalue weighted by atomic mass is 9.92. The van der Waals surface area contributed by atoms with Crippen molar-refractivity contribution in [2.24, 2.45) is 0 Å². The predicted octanol–water partition coefficient (Wildman–Crippen LogP) is 3.51. The van der Waals surface area contributed by atoms with Crippen LogP contribution in [0.3, 0.4) is 0 Å². The molecule has 0 aliphatic heterocycles. The largest absolute Gasteiger partial charge is 0.383 e. The van der Waals surface area contributed by atoms with Gasteiger partial charge in [-0.2, -0.15) is 0 Å². The van der Waals surface area contributed by atoms with E-state index >= 15 is 0 Å². The number of ether oxygens (including phenoxy) is 1. The fourth-order valence-electron chi connectivity index (χ4n) is 2.36. The van der Waals surface area contributed by atoms with Crippen molar-refractivity contribution in [3.8, 4) is 0 Å². The highest BCUT2D eigenvalue weighted by Crippen LogP contribution is 2.27. The molecule has 0 unspecified atom stereocenters. The Labute approximate surface area is 172 Å². The molecule has 1 aromatic carbocycles. The number of carbonyl (C=O) groups excluding carboxylic acids is 1. The lowest BCUT2D eigenvalue weighted by Gasteiger charge is -2.21. The molecule has 0 saturated heterocycles. The average Bonchev–Trinajstić information content (AvgIpc) is 2.66. The standard InChI is InChI=1S/C21H30N4O2S/c1-21(2,3)17-13-18(25(4)5)24-20(23-17)28-14-15-7-9-16(10-8-15)19(26)22-11-12-27-6/h7-10,13H,11-12,14H2,1-6H3,(H,22,26). The zero-order valence-corrected chi connectivity index (χ0v) is 18.4. The summed E-state index contributed by atoms with van der Waals surface area (Å²) in [5.41, 5.74) is 2.75. The first-order chi connectivity index (χ1) is 13.2. The van der Waals surface area contributed by atoms with Crippen molar-refractivity contribution in [3.05, 3.63) is 47.2 Å². The number of methoxy groups -OCH3 is 1. The van der Waals surface area contributed by atoms with E-state index in [2.05, 4.69) is 31.1 Å². The summed E-state index contributed by atoms with van der Waals surface area (Å²) >= 11 is 1.60. The second-order valence-electron chi connectivity index (χ2n) is 7.77. The summed E-state index contributed by atoms with van der Waals surface area (Å²) in [6, 6.07) is 9.67. The summed E-state index contributed by atoms with van der Waals surface area (Å²) in [6.07, 6.45) is 0. The summed E-state index contributed by atoms with van der Waals surface area (Å²) < 4.78 is 4.94. The first-order valence-corrected chi connectivity index (χ1v) is 10.2. The molecule has 0 spiro atoms. The Bertz CT molecular complexity index is 786. The average molecular weight is 403 g/mol. The summed E-state index contributed by atoms with van der Waals surface area (Å²) in [7, 11) is 5.58. The lowest BCUT2D eigenvalue weighted by molar-refractivity contribution is 0.0937. The van der Waals surface area contributed by atoms with Crippen LogP contribution >= 0.6 is 11.8 Å². The van der Waals surface area contributed by atoms with Crippen LogP contribution in [0, 0.1) is 0 Å². The molecule has 0 aliphatic rings. The van der Waals surface area contributed by atoms with Crippen LogP contribution in [0.2, 0.25) is 0 Å². The number of amides is 1. The zero-order chi connectivity index (χ0) is 20.7. The van der Waals surface area contributed by atoms with E-state index in [1.165, 1.54) is 0 Å². The molecule has 6 nitrogen and oxygen atoms in total. The van der Waals surface area contributed by atoms with E-state index in [9.17, 15) is 4.79 Å². The number of rotatable bonds is 8. The van der Waals surface area contributed by atoms with Gasteiger partial charge in [0.1, 0.15) is 5.82 Å². The third kappa shape index (κ3) is 6.49. The van der Waals surface area contributed by atoms with Crippen molar-refractivity contribution in [3.63, 3.8) is 0 Å². The highest BCUT2D eigenvalue weighted by atomic mass is 32.2. The first kappa shape index (κ1) is 22.2. The molecule has 0 radical (unpaired) electrons. The van der Waals surface area contributed by atoms with Gasteiger partial charge >= 0.3 is 0 Å². The topological polar surface area (TPSA) is 67.3 Å². The number of anilines is 1. The Kier molecular flexibility index (Phi) is 7.83. The van der Waals surface area contributed by atoms with E-state index in [1.54, 1.807) is 18.9 Å². The van der Waals surface area contributed by atoms with Crippen LogP contribution in [0.4, 0.5) is 5.82 Å². The molecule has 1 amide bonds. The number of thioether (sulfide) groups is 1. The summed E-state index contributed by atoms with van der Waals surface area (Å²) in [4.78, 5) is 23.4. The summed E-state index contributed by atoms with van der Waals surface area (Å²) in [6.45, 7) is 7.46. The zero-order valence-electron chi connectivity index (χ0n) is 17.6. The van der Waals surface area contributed by atoms with E-state index in [-0.39, 0.29) is 11.3 Å². The molecule has 0 atom stereocenters. The number of hydrogen-bond donors (Lipinski definition) is 1. The van der Waals surface area contributed by atoms with Crippen LogP contribution < -0.4 is 10.2 Å². The second kappa shape index (κ2) is 9.89. The van der Waals surface area contributed by atoms with Gasteiger partial charge in [0.05, 0.1) is 12.3 Å². The van der Waals surface area contributed by atoms with Crippen LogP contribution in [-0.2, 0) is 15.9 Å². The van der Waals surface area contributed by atoms with Gasteiger partial charge in [-0.1, -0.05) is 44.7 Å². The maximum atomic E-state index is 12.0. The predicted molar refractivity (Wildman–Crippen MR) is 115 cm³/mol. The molecule has 0 fully saturated rings. The maximum Gasteiger partial charge on any atom is 0.251 e. The van der Waals surface area contributed by atoms with Gasteiger partial charge in [-0.15, -0.1) is 0 Å². The molecule has 152 valence electrons. The number of nitrogens with zero attached hydrogens (tertiary/aromatic N) is 3.